The molecule has 0 aromatic heterocycles. The molecule has 0 heterocycles. The summed E-state index contributed by atoms with van der Waals surface area (Å²) in [5.74, 6) is -1.85. The Morgan fingerprint density at radius 3 is 1.95 bits per heavy atom. The maximum atomic E-state index is 12.5. The topological polar surface area (TPSA) is 150 Å². The van der Waals surface area contributed by atoms with Crippen molar-refractivity contribution >= 4 is 59.4 Å². The summed E-state index contributed by atoms with van der Waals surface area (Å²) in [6.45, 7) is -1.37. The van der Waals surface area contributed by atoms with Crippen molar-refractivity contribution in [3.8, 4) is 0 Å². The quantitative estimate of drug-likeness (QED) is 0.518. The molecule has 0 fully saturated rings. The third-order valence-electron chi connectivity index (χ3n) is 2.30. The van der Waals surface area contributed by atoms with Crippen molar-refractivity contribution < 1.29 is 18.0 Å². The number of hydrogen-bond acceptors (Lipinski definition) is 5. The molecule has 2 amide bonds. The van der Waals surface area contributed by atoms with Crippen LogP contribution in [0.1, 0.15) is 0 Å². The minimum absolute atomic E-state index is 0.0600. The molecule has 0 aliphatic heterocycles. The number of hydrogen-bond donors (Lipinski definition) is 3. The Bertz CT molecular complexity index is 653. The third kappa shape index (κ3) is 4.40. The predicted molar refractivity (Wildman–Crippen MR) is 83.4 cm³/mol. The number of nitrogens with zero attached hydrogens (tertiary/aromatic N) is 1. The SMILES string of the molecule is NC(=O)CN(CC(N)=O)S(=O)(=O)c1c(N)cc(Br)cc1Br. The van der Waals surface area contributed by atoms with Crippen LogP contribution in [-0.4, -0.2) is 37.6 Å². The average Bonchev–Trinajstić information content (AvgIpc) is 2.24. The first-order valence-electron chi connectivity index (χ1n) is 5.37. The van der Waals surface area contributed by atoms with Crippen LogP contribution in [0.4, 0.5) is 5.69 Å². The highest BCUT2D eigenvalue weighted by atomic mass is 79.9. The van der Waals surface area contributed by atoms with Crippen molar-refractivity contribution in [3.05, 3.63) is 21.1 Å². The highest BCUT2D eigenvalue weighted by Gasteiger charge is 2.31. The summed E-state index contributed by atoms with van der Waals surface area (Å²) in [6, 6.07) is 2.85. The maximum Gasteiger partial charge on any atom is 0.247 e. The van der Waals surface area contributed by atoms with Gasteiger partial charge < -0.3 is 17.2 Å². The summed E-state index contributed by atoms with van der Waals surface area (Å²) in [7, 11) is -4.23. The van der Waals surface area contributed by atoms with Gasteiger partial charge in [0.25, 0.3) is 0 Å². The molecule has 0 aliphatic rings. The summed E-state index contributed by atoms with van der Waals surface area (Å²) >= 11 is 6.25. The van der Waals surface area contributed by atoms with Gasteiger partial charge in [0.1, 0.15) is 4.90 Å². The van der Waals surface area contributed by atoms with Gasteiger partial charge in [0, 0.05) is 8.95 Å². The lowest BCUT2D eigenvalue weighted by atomic mass is 10.3. The monoisotopic (exact) mass is 442 g/mol. The Kier molecular flexibility index (Phi) is 5.73. The molecular formula is C10H12Br2N4O4S. The van der Waals surface area contributed by atoms with Crippen LogP contribution >= 0.6 is 31.9 Å². The highest BCUT2D eigenvalue weighted by Crippen LogP contribution is 2.33. The number of halogens is 2. The van der Waals surface area contributed by atoms with E-state index in [1.165, 1.54) is 12.1 Å². The number of primary amides is 2. The number of nitrogens with two attached hydrogens (primary N) is 3. The minimum atomic E-state index is -4.23. The van der Waals surface area contributed by atoms with E-state index in [2.05, 4.69) is 31.9 Å². The lowest BCUT2D eigenvalue weighted by Gasteiger charge is -2.21. The highest BCUT2D eigenvalue weighted by molar-refractivity contribution is 9.11. The standard InChI is InChI=1S/C10H12Br2N4O4S/c11-5-1-6(12)10(7(13)2-5)21(19,20)16(3-8(14)17)4-9(15)18/h1-2H,3-4,13H2,(H2,14,17)(H2,15,18). The van der Waals surface area contributed by atoms with Crippen LogP contribution < -0.4 is 17.2 Å². The smallest absolute Gasteiger partial charge is 0.247 e. The lowest BCUT2D eigenvalue weighted by molar-refractivity contribution is -0.120. The molecule has 11 heteroatoms. The van der Waals surface area contributed by atoms with E-state index < -0.39 is 34.9 Å². The zero-order valence-corrected chi connectivity index (χ0v) is 14.5. The zero-order chi connectivity index (χ0) is 16.4. The molecule has 0 radical (unpaired) electrons. The van der Waals surface area contributed by atoms with E-state index in [-0.39, 0.29) is 15.1 Å². The number of benzene rings is 1. The van der Waals surface area contributed by atoms with E-state index in [0.29, 0.717) is 8.78 Å². The first kappa shape index (κ1) is 17.9. The number of sulfonamides is 1. The van der Waals surface area contributed by atoms with Crippen molar-refractivity contribution in [1.29, 1.82) is 0 Å². The maximum absolute atomic E-state index is 12.5. The largest absolute Gasteiger partial charge is 0.398 e. The van der Waals surface area contributed by atoms with Gasteiger partial charge in [-0.25, -0.2) is 8.42 Å². The molecule has 1 aromatic carbocycles. The van der Waals surface area contributed by atoms with Crippen molar-refractivity contribution in [2.24, 2.45) is 11.5 Å². The van der Waals surface area contributed by atoms with Crippen LogP contribution in [-0.2, 0) is 19.6 Å². The van der Waals surface area contributed by atoms with Crippen LogP contribution in [0.2, 0.25) is 0 Å². The van der Waals surface area contributed by atoms with Gasteiger partial charge in [-0.05, 0) is 28.1 Å². The zero-order valence-electron chi connectivity index (χ0n) is 10.5. The van der Waals surface area contributed by atoms with Crippen LogP contribution in [0.5, 0.6) is 0 Å². The normalized spacial score (nSPS) is 11.6. The number of anilines is 1. The molecule has 21 heavy (non-hydrogen) atoms. The first-order valence-corrected chi connectivity index (χ1v) is 8.39. The predicted octanol–water partition coefficient (Wildman–Crippen LogP) is -0.245. The molecular weight excluding hydrogens is 432 g/mol. The van der Waals surface area contributed by atoms with Gasteiger partial charge in [0.2, 0.25) is 21.8 Å². The molecule has 116 valence electrons. The molecule has 8 nitrogen and oxygen atoms in total. The first-order chi connectivity index (χ1) is 9.55. The Morgan fingerprint density at radius 2 is 1.57 bits per heavy atom. The molecule has 0 aliphatic carbocycles. The second-order valence-corrected chi connectivity index (χ2v) is 7.66. The molecule has 0 atom stereocenters. The van der Waals surface area contributed by atoms with Gasteiger partial charge in [-0.3, -0.25) is 9.59 Å². The van der Waals surface area contributed by atoms with E-state index in [1.807, 2.05) is 0 Å². The summed E-state index contributed by atoms with van der Waals surface area (Å²) in [4.78, 5) is 21.7. The van der Waals surface area contributed by atoms with E-state index in [4.69, 9.17) is 17.2 Å². The summed E-state index contributed by atoms with van der Waals surface area (Å²) in [6.07, 6.45) is 0. The van der Waals surface area contributed by atoms with E-state index >= 15 is 0 Å². The summed E-state index contributed by atoms with van der Waals surface area (Å²) in [5.41, 5.74) is 15.6. The van der Waals surface area contributed by atoms with Crippen molar-refractivity contribution in [2.75, 3.05) is 18.8 Å². The third-order valence-corrected chi connectivity index (χ3v) is 5.55. The number of nitrogen functional groups attached to an aromatic ring is 1. The van der Waals surface area contributed by atoms with E-state index in [0.717, 1.165) is 0 Å². The average molecular weight is 444 g/mol. The van der Waals surface area contributed by atoms with Crippen molar-refractivity contribution in [1.82, 2.24) is 4.31 Å². The molecule has 0 spiro atoms. The number of rotatable bonds is 6. The molecule has 0 saturated heterocycles. The van der Waals surface area contributed by atoms with E-state index in [1.54, 1.807) is 0 Å². The number of carbonyl (C=O) groups excluding carboxylic acids is 2. The van der Waals surface area contributed by atoms with Crippen LogP contribution in [0.25, 0.3) is 0 Å². The number of carbonyl (C=O) groups is 2. The summed E-state index contributed by atoms with van der Waals surface area (Å²) < 4.78 is 26.4. The second-order valence-electron chi connectivity index (χ2n) is 4.01. The molecule has 0 bridgehead atoms. The van der Waals surface area contributed by atoms with Gasteiger partial charge in [0.15, 0.2) is 0 Å². The van der Waals surface area contributed by atoms with Crippen LogP contribution in [0, 0.1) is 0 Å². The van der Waals surface area contributed by atoms with E-state index in [9.17, 15) is 18.0 Å². The van der Waals surface area contributed by atoms with Gasteiger partial charge >= 0.3 is 0 Å². The second kappa shape index (κ2) is 6.73. The van der Waals surface area contributed by atoms with Gasteiger partial charge in [-0.2, -0.15) is 4.31 Å². The van der Waals surface area contributed by atoms with Crippen molar-refractivity contribution in [3.63, 3.8) is 0 Å². The Balaban J connectivity index is 3.42. The van der Waals surface area contributed by atoms with Gasteiger partial charge in [0.05, 0.1) is 18.8 Å². The molecule has 1 rings (SSSR count). The Labute approximate surface area is 137 Å². The molecule has 0 saturated carbocycles. The van der Waals surface area contributed by atoms with Gasteiger partial charge in [-0.15, -0.1) is 0 Å². The molecule has 6 N–H and O–H groups in total. The number of amides is 2. The minimum Gasteiger partial charge on any atom is -0.398 e. The fourth-order valence-electron chi connectivity index (χ4n) is 1.55. The summed E-state index contributed by atoms with van der Waals surface area (Å²) in [5, 5.41) is 0. The lowest BCUT2D eigenvalue weighted by Crippen LogP contribution is -2.43. The molecule has 1 aromatic rings. The Hall–Kier alpha value is -1.17. The van der Waals surface area contributed by atoms with Crippen LogP contribution in [0.15, 0.2) is 26.0 Å². The van der Waals surface area contributed by atoms with Crippen molar-refractivity contribution in [2.45, 2.75) is 4.90 Å². The van der Waals surface area contributed by atoms with Crippen LogP contribution in [0.3, 0.4) is 0 Å². The molecule has 0 unspecified atom stereocenters. The Morgan fingerprint density at radius 1 is 1.10 bits per heavy atom. The fourth-order valence-corrected chi connectivity index (χ4v) is 4.94. The fraction of sp³-hybridized carbons (Fsp3) is 0.200. The van der Waals surface area contributed by atoms with Gasteiger partial charge in [-0.1, -0.05) is 15.9 Å².